The fourth-order valence-corrected chi connectivity index (χ4v) is 3.34. The minimum absolute atomic E-state index is 0.148. The van der Waals surface area contributed by atoms with E-state index in [0.29, 0.717) is 18.5 Å². The molecule has 3 N–H and O–H groups in total. The van der Waals surface area contributed by atoms with Crippen molar-refractivity contribution in [3.05, 3.63) is 84.2 Å². The molecule has 0 unspecified atom stereocenters. The van der Waals surface area contributed by atoms with E-state index in [1.807, 2.05) is 68.4 Å². The second kappa shape index (κ2) is 10.4. The van der Waals surface area contributed by atoms with Crippen LogP contribution in [0.15, 0.2) is 73.1 Å². The molecule has 0 saturated heterocycles. The molecule has 0 fully saturated rings. The molecule has 0 spiro atoms. The summed E-state index contributed by atoms with van der Waals surface area (Å²) in [4.78, 5) is 28.7. The molecular weight excluding hydrogens is 390 g/mol. The molecule has 6 heteroatoms. The van der Waals surface area contributed by atoms with Crippen molar-refractivity contribution in [1.82, 2.24) is 10.3 Å². The zero-order valence-electron chi connectivity index (χ0n) is 17.7. The summed E-state index contributed by atoms with van der Waals surface area (Å²) in [6.45, 7) is 4.49. The van der Waals surface area contributed by atoms with E-state index in [1.54, 1.807) is 18.5 Å². The quantitative estimate of drug-likeness (QED) is 0.474. The molecule has 3 aromatic rings. The number of rotatable bonds is 9. The number of pyridine rings is 1. The fourth-order valence-electron chi connectivity index (χ4n) is 3.34. The molecule has 1 atom stereocenters. The number of nitrogens with zero attached hydrogens (tertiary/aromatic N) is 1. The summed E-state index contributed by atoms with van der Waals surface area (Å²) in [5.41, 5.74) is 4.03. The Kier molecular flexibility index (Phi) is 7.38. The van der Waals surface area contributed by atoms with Crippen LogP contribution < -0.4 is 10.6 Å². The van der Waals surface area contributed by atoms with Crippen LogP contribution in [0.5, 0.6) is 0 Å². The van der Waals surface area contributed by atoms with E-state index in [0.717, 1.165) is 22.4 Å². The van der Waals surface area contributed by atoms with E-state index >= 15 is 0 Å². The predicted octanol–water partition coefficient (Wildman–Crippen LogP) is 4.59. The largest absolute Gasteiger partial charge is 0.480 e. The minimum atomic E-state index is -1.03. The van der Waals surface area contributed by atoms with Gasteiger partial charge in [0.05, 0.1) is 0 Å². The molecule has 31 heavy (non-hydrogen) atoms. The van der Waals surface area contributed by atoms with Crippen molar-refractivity contribution in [2.45, 2.75) is 32.9 Å². The highest BCUT2D eigenvalue weighted by molar-refractivity contribution is 6.03. The average molecular weight is 418 g/mol. The lowest BCUT2D eigenvalue weighted by Gasteiger charge is -2.18. The maximum Gasteiger partial charge on any atom is 0.326 e. The fraction of sp³-hybridized carbons (Fsp3) is 0.240. The summed E-state index contributed by atoms with van der Waals surface area (Å²) in [5.74, 6) is -1.28. The molecule has 3 rings (SSSR count). The number of carbonyl (C=O) groups is 2. The Balaban J connectivity index is 1.88. The van der Waals surface area contributed by atoms with Gasteiger partial charge < -0.3 is 15.7 Å². The van der Waals surface area contributed by atoms with E-state index in [4.69, 9.17) is 0 Å². The maximum atomic E-state index is 13.0. The van der Waals surface area contributed by atoms with Gasteiger partial charge in [0.1, 0.15) is 6.04 Å². The zero-order valence-corrected chi connectivity index (χ0v) is 17.7. The lowest BCUT2D eigenvalue weighted by molar-refractivity contribution is -0.139. The Hall–Kier alpha value is -3.67. The molecule has 160 valence electrons. The SMILES string of the molecule is CC(C)C[C@H](NC(=O)c1ccc(NCc2ccncc2)cc1-c1ccccc1)C(=O)O. The van der Waals surface area contributed by atoms with Gasteiger partial charge in [-0.05, 0) is 59.4 Å². The van der Waals surface area contributed by atoms with Gasteiger partial charge in [-0.1, -0.05) is 44.2 Å². The highest BCUT2D eigenvalue weighted by Crippen LogP contribution is 2.27. The van der Waals surface area contributed by atoms with Gasteiger partial charge in [-0.2, -0.15) is 0 Å². The molecule has 0 bridgehead atoms. The first kappa shape index (κ1) is 22.0. The third-order valence-electron chi connectivity index (χ3n) is 4.91. The molecule has 1 amide bonds. The van der Waals surface area contributed by atoms with Crippen LogP contribution in [0.4, 0.5) is 5.69 Å². The van der Waals surface area contributed by atoms with Crippen LogP contribution in [-0.2, 0) is 11.3 Å². The number of carboxylic acids is 1. The Morgan fingerprint density at radius 1 is 1.00 bits per heavy atom. The van der Waals surface area contributed by atoms with Crippen LogP contribution in [0.25, 0.3) is 11.1 Å². The molecule has 0 aliphatic heterocycles. The second-order valence-electron chi connectivity index (χ2n) is 7.83. The average Bonchev–Trinajstić information content (AvgIpc) is 2.78. The van der Waals surface area contributed by atoms with E-state index < -0.39 is 17.9 Å². The summed E-state index contributed by atoms with van der Waals surface area (Å²) in [6, 6.07) is 18.0. The monoisotopic (exact) mass is 417 g/mol. The number of hydrogen-bond donors (Lipinski definition) is 3. The molecule has 2 aromatic carbocycles. The molecule has 6 nitrogen and oxygen atoms in total. The lowest BCUT2D eigenvalue weighted by atomic mass is 9.97. The standard InChI is InChI=1S/C25H27N3O3/c1-17(2)14-23(25(30)31)28-24(29)21-9-8-20(27-16-18-10-12-26-13-11-18)15-22(21)19-6-4-3-5-7-19/h3-13,15,17,23,27H,14,16H2,1-2H3,(H,28,29)(H,30,31)/t23-/m0/s1. The molecule has 0 aliphatic rings. The normalized spacial score (nSPS) is 11.7. The summed E-state index contributed by atoms with van der Waals surface area (Å²) < 4.78 is 0. The van der Waals surface area contributed by atoms with E-state index in [1.165, 1.54) is 0 Å². The number of carboxylic acid groups (broad SMARTS) is 1. The van der Waals surface area contributed by atoms with Crippen LogP contribution in [0.1, 0.15) is 36.2 Å². The number of hydrogen-bond acceptors (Lipinski definition) is 4. The first-order chi connectivity index (χ1) is 14.9. The van der Waals surface area contributed by atoms with Crippen molar-refractivity contribution in [1.29, 1.82) is 0 Å². The minimum Gasteiger partial charge on any atom is -0.480 e. The molecule has 0 aliphatic carbocycles. The van der Waals surface area contributed by atoms with Crippen LogP contribution in [-0.4, -0.2) is 28.0 Å². The van der Waals surface area contributed by atoms with Gasteiger partial charge in [0.15, 0.2) is 0 Å². The number of anilines is 1. The maximum absolute atomic E-state index is 13.0. The van der Waals surface area contributed by atoms with Crippen LogP contribution >= 0.6 is 0 Å². The van der Waals surface area contributed by atoms with Gasteiger partial charge in [-0.3, -0.25) is 9.78 Å². The number of aromatic nitrogens is 1. The number of amides is 1. The van der Waals surface area contributed by atoms with Gasteiger partial charge in [-0.15, -0.1) is 0 Å². The van der Waals surface area contributed by atoms with Crippen molar-refractivity contribution in [2.24, 2.45) is 5.92 Å². The number of benzene rings is 2. The van der Waals surface area contributed by atoms with Crippen molar-refractivity contribution in [3.63, 3.8) is 0 Å². The van der Waals surface area contributed by atoms with Crippen LogP contribution in [0.2, 0.25) is 0 Å². The van der Waals surface area contributed by atoms with Gasteiger partial charge in [-0.25, -0.2) is 4.79 Å². The third kappa shape index (κ3) is 6.15. The zero-order chi connectivity index (χ0) is 22.2. The molecular formula is C25H27N3O3. The van der Waals surface area contributed by atoms with Crippen LogP contribution in [0, 0.1) is 5.92 Å². The number of nitrogens with one attached hydrogen (secondary N) is 2. The topological polar surface area (TPSA) is 91.3 Å². The van der Waals surface area contributed by atoms with Crippen molar-refractivity contribution in [2.75, 3.05) is 5.32 Å². The highest BCUT2D eigenvalue weighted by Gasteiger charge is 2.23. The Morgan fingerprint density at radius 3 is 2.35 bits per heavy atom. The van der Waals surface area contributed by atoms with Crippen molar-refractivity contribution >= 4 is 17.6 Å². The highest BCUT2D eigenvalue weighted by atomic mass is 16.4. The van der Waals surface area contributed by atoms with Gasteiger partial charge in [0, 0.05) is 30.2 Å². The summed E-state index contributed by atoms with van der Waals surface area (Å²) in [5, 5.41) is 15.6. The smallest absolute Gasteiger partial charge is 0.326 e. The third-order valence-corrected chi connectivity index (χ3v) is 4.91. The summed E-state index contributed by atoms with van der Waals surface area (Å²) in [7, 11) is 0. The molecule has 1 aromatic heterocycles. The number of carbonyl (C=O) groups excluding carboxylic acids is 1. The molecule has 1 heterocycles. The second-order valence-corrected chi connectivity index (χ2v) is 7.83. The van der Waals surface area contributed by atoms with Crippen LogP contribution in [0.3, 0.4) is 0 Å². The van der Waals surface area contributed by atoms with Gasteiger partial charge in [0.2, 0.25) is 0 Å². The lowest BCUT2D eigenvalue weighted by Crippen LogP contribution is -2.41. The summed E-state index contributed by atoms with van der Waals surface area (Å²) >= 11 is 0. The molecule has 0 radical (unpaired) electrons. The Morgan fingerprint density at radius 2 is 1.71 bits per heavy atom. The first-order valence-electron chi connectivity index (χ1n) is 10.3. The van der Waals surface area contributed by atoms with E-state index in [2.05, 4.69) is 15.6 Å². The predicted molar refractivity (Wildman–Crippen MR) is 122 cm³/mol. The van der Waals surface area contributed by atoms with Gasteiger partial charge >= 0.3 is 5.97 Å². The van der Waals surface area contributed by atoms with E-state index in [-0.39, 0.29) is 5.92 Å². The molecule has 0 saturated carbocycles. The van der Waals surface area contributed by atoms with E-state index in [9.17, 15) is 14.7 Å². The Bertz CT molecular complexity index is 1020. The first-order valence-corrected chi connectivity index (χ1v) is 10.3. The van der Waals surface area contributed by atoms with Crippen molar-refractivity contribution < 1.29 is 14.7 Å². The number of aliphatic carboxylic acids is 1. The summed E-state index contributed by atoms with van der Waals surface area (Å²) in [6.07, 6.45) is 3.86. The Labute approximate surface area is 182 Å². The van der Waals surface area contributed by atoms with Gasteiger partial charge in [0.25, 0.3) is 5.91 Å². The van der Waals surface area contributed by atoms with Crippen molar-refractivity contribution in [3.8, 4) is 11.1 Å².